The van der Waals surface area contributed by atoms with Crippen molar-refractivity contribution in [2.45, 2.75) is 52.5 Å². The van der Waals surface area contributed by atoms with Gasteiger partial charge in [0.1, 0.15) is 5.56 Å². The number of hydrogen-bond acceptors (Lipinski definition) is 4. The van der Waals surface area contributed by atoms with Crippen LogP contribution in [0.2, 0.25) is 0 Å². The molecule has 6 nitrogen and oxygen atoms in total. The van der Waals surface area contributed by atoms with Crippen LogP contribution in [0.1, 0.15) is 57.3 Å². The molecular formula is C21H30N2O4. The first-order valence-electron chi connectivity index (χ1n) is 9.35. The molecule has 0 fully saturated rings. The number of aromatic amines is 1. The number of nitrogens with zero attached hydrogens (tertiary/aromatic N) is 1. The van der Waals surface area contributed by atoms with Crippen molar-refractivity contribution in [3.8, 4) is 11.5 Å². The summed E-state index contributed by atoms with van der Waals surface area (Å²) in [6.45, 7) is 8.44. The van der Waals surface area contributed by atoms with Crippen LogP contribution in [0.25, 0.3) is 10.9 Å². The highest BCUT2D eigenvalue weighted by molar-refractivity contribution is 5.98. The van der Waals surface area contributed by atoms with E-state index in [1.165, 1.54) is 0 Å². The van der Waals surface area contributed by atoms with Gasteiger partial charge in [0.05, 0.1) is 19.2 Å². The summed E-state index contributed by atoms with van der Waals surface area (Å²) in [5.74, 6) is 0.749. The Kier molecular flexibility index (Phi) is 6.52. The van der Waals surface area contributed by atoms with E-state index in [9.17, 15) is 9.59 Å². The lowest BCUT2D eigenvalue weighted by molar-refractivity contribution is 0.0654. The van der Waals surface area contributed by atoms with E-state index in [1.54, 1.807) is 31.2 Å². The lowest BCUT2D eigenvalue weighted by atomic mass is 10.0. The summed E-state index contributed by atoms with van der Waals surface area (Å²) in [7, 11) is 3.26. The second-order valence-corrected chi connectivity index (χ2v) is 7.66. The summed E-state index contributed by atoms with van der Waals surface area (Å²) < 4.78 is 11.3. The van der Waals surface area contributed by atoms with E-state index in [-0.39, 0.29) is 17.0 Å². The molecule has 0 radical (unpaired) electrons. The smallest absolute Gasteiger partial charge is 0.261 e. The van der Waals surface area contributed by atoms with Crippen LogP contribution in [0.3, 0.4) is 0 Å². The van der Waals surface area contributed by atoms with Gasteiger partial charge in [0.25, 0.3) is 11.5 Å². The average Bonchev–Trinajstić information content (AvgIpc) is 2.62. The zero-order chi connectivity index (χ0) is 20.2. The Morgan fingerprint density at radius 3 is 2.52 bits per heavy atom. The topological polar surface area (TPSA) is 71.6 Å². The Morgan fingerprint density at radius 2 is 1.93 bits per heavy atom. The zero-order valence-corrected chi connectivity index (χ0v) is 17.1. The number of methoxy groups -OCH3 is 1. The monoisotopic (exact) mass is 374 g/mol. The number of amides is 1. The minimum Gasteiger partial charge on any atom is -0.493 e. The van der Waals surface area contributed by atoms with E-state index >= 15 is 0 Å². The lowest BCUT2D eigenvalue weighted by Gasteiger charge is -2.31. The number of fused-ring (bicyclic) bond motifs is 1. The van der Waals surface area contributed by atoms with Gasteiger partial charge in [-0.3, -0.25) is 9.59 Å². The predicted octanol–water partition coefficient (Wildman–Crippen LogP) is 3.98. The third kappa shape index (κ3) is 4.62. The van der Waals surface area contributed by atoms with E-state index in [4.69, 9.17) is 9.47 Å². The molecule has 0 atom stereocenters. The van der Waals surface area contributed by atoms with Crippen molar-refractivity contribution in [1.29, 1.82) is 0 Å². The van der Waals surface area contributed by atoms with Crippen LogP contribution in [-0.2, 0) is 0 Å². The molecule has 0 spiro atoms. The van der Waals surface area contributed by atoms with E-state index in [1.807, 2.05) is 26.8 Å². The molecule has 0 unspecified atom stereocenters. The molecule has 2 rings (SSSR count). The van der Waals surface area contributed by atoms with E-state index in [0.29, 0.717) is 23.6 Å². The number of carbonyl (C=O) groups is 1. The third-order valence-corrected chi connectivity index (χ3v) is 4.69. The Bertz CT molecular complexity index is 865. The summed E-state index contributed by atoms with van der Waals surface area (Å²) in [4.78, 5) is 29.8. The van der Waals surface area contributed by atoms with Gasteiger partial charge in [-0.05, 0) is 45.4 Å². The fraction of sp³-hybridized carbons (Fsp3) is 0.524. The highest BCUT2D eigenvalue weighted by atomic mass is 16.5. The molecule has 2 aromatic rings. The van der Waals surface area contributed by atoms with Crippen LogP contribution in [0.5, 0.6) is 11.5 Å². The summed E-state index contributed by atoms with van der Waals surface area (Å²) in [6, 6.07) is 5.23. The Hall–Kier alpha value is -2.50. The van der Waals surface area contributed by atoms with Gasteiger partial charge in [-0.1, -0.05) is 19.8 Å². The van der Waals surface area contributed by atoms with Crippen molar-refractivity contribution in [2.75, 3.05) is 20.8 Å². The van der Waals surface area contributed by atoms with Crippen molar-refractivity contribution in [2.24, 2.45) is 0 Å². The molecular weight excluding hydrogens is 344 g/mol. The normalized spacial score (nSPS) is 11.5. The largest absolute Gasteiger partial charge is 0.493 e. The average molecular weight is 374 g/mol. The van der Waals surface area contributed by atoms with E-state index < -0.39 is 5.56 Å². The van der Waals surface area contributed by atoms with Crippen LogP contribution in [0, 0.1) is 0 Å². The number of H-pyrrole nitrogens is 1. The molecule has 148 valence electrons. The molecule has 0 saturated heterocycles. The number of hydrogen-bond donors (Lipinski definition) is 1. The molecule has 1 aromatic heterocycles. The number of nitrogens with one attached hydrogen (secondary N) is 1. The molecule has 1 heterocycles. The minimum atomic E-state index is -0.435. The molecule has 27 heavy (non-hydrogen) atoms. The SMILES string of the molecule is CCCCCOc1c(OC)ccc2cc(C(=O)N(C)C(C)(C)C)c(=O)[nH]c12. The molecule has 6 heteroatoms. The van der Waals surface area contributed by atoms with Crippen LogP contribution in [-0.4, -0.2) is 42.1 Å². The van der Waals surface area contributed by atoms with Gasteiger partial charge in [0.2, 0.25) is 0 Å². The first-order valence-corrected chi connectivity index (χ1v) is 9.35. The van der Waals surface area contributed by atoms with Crippen LogP contribution in [0.15, 0.2) is 23.0 Å². The fourth-order valence-electron chi connectivity index (χ4n) is 2.70. The fourth-order valence-corrected chi connectivity index (χ4v) is 2.70. The Balaban J connectivity index is 2.48. The highest BCUT2D eigenvalue weighted by Crippen LogP contribution is 2.34. The first kappa shape index (κ1) is 20.8. The minimum absolute atomic E-state index is 0.113. The van der Waals surface area contributed by atoms with Gasteiger partial charge < -0.3 is 19.4 Å². The number of pyridine rings is 1. The maximum atomic E-state index is 12.8. The van der Waals surface area contributed by atoms with Crippen LogP contribution in [0.4, 0.5) is 0 Å². The summed E-state index contributed by atoms with van der Waals surface area (Å²) in [6.07, 6.45) is 3.09. The number of ether oxygens (including phenoxy) is 2. The second kappa shape index (κ2) is 8.46. The van der Waals surface area contributed by atoms with Crippen molar-refractivity contribution >= 4 is 16.8 Å². The number of carbonyl (C=O) groups excluding carboxylic acids is 1. The molecule has 0 aliphatic heterocycles. The highest BCUT2D eigenvalue weighted by Gasteiger charge is 2.26. The molecule has 0 aliphatic rings. The quantitative estimate of drug-likeness (QED) is 0.744. The van der Waals surface area contributed by atoms with E-state index in [0.717, 1.165) is 24.6 Å². The lowest BCUT2D eigenvalue weighted by Crippen LogP contribution is -2.44. The van der Waals surface area contributed by atoms with E-state index in [2.05, 4.69) is 11.9 Å². The summed E-state index contributed by atoms with van der Waals surface area (Å²) >= 11 is 0. The van der Waals surface area contributed by atoms with Crippen molar-refractivity contribution in [3.63, 3.8) is 0 Å². The Morgan fingerprint density at radius 1 is 1.22 bits per heavy atom. The second-order valence-electron chi connectivity index (χ2n) is 7.66. The van der Waals surface area contributed by atoms with Gasteiger partial charge in [-0.15, -0.1) is 0 Å². The molecule has 0 aliphatic carbocycles. The Labute approximate surface area is 160 Å². The zero-order valence-electron chi connectivity index (χ0n) is 17.1. The third-order valence-electron chi connectivity index (χ3n) is 4.69. The number of unbranched alkanes of at least 4 members (excludes halogenated alkanes) is 2. The standard InChI is InChI=1S/C21H30N2O4/c1-7-8-9-12-27-18-16(26-6)11-10-14-13-15(19(24)22-17(14)18)20(25)23(5)21(2,3)4/h10-11,13H,7-9,12H2,1-6H3,(H,22,24). The van der Waals surface area contributed by atoms with Gasteiger partial charge >= 0.3 is 0 Å². The summed E-state index contributed by atoms with van der Waals surface area (Å²) in [5.41, 5.74) is -0.158. The molecule has 1 amide bonds. The van der Waals surface area contributed by atoms with Crippen molar-refractivity contribution < 1.29 is 14.3 Å². The molecule has 1 aromatic carbocycles. The van der Waals surface area contributed by atoms with Gasteiger partial charge in [-0.25, -0.2) is 0 Å². The first-order chi connectivity index (χ1) is 12.7. The maximum Gasteiger partial charge on any atom is 0.261 e. The molecule has 0 saturated carbocycles. The predicted molar refractivity (Wildman–Crippen MR) is 108 cm³/mol. The summed E-state index contributed by atoms with van der Waals surface area (Å²) in [5, 5.41) is 0.728. The van der Waals surface area contributed by atoms with Crippen molar-refractivity contribution in [3.05, 3.63) is 34.1 Å². The number of benzene rings is 1. The number of rotatable bonds is 7. The molecule has 1 N–H and O–H groups in total. The van der Waals surface area contributed by atoms with Gasteiger partial charge in [0, 0.05) is 18.0 Å². The van der Waals surface area contributed by atoms with Crippen LogP contribution < -0.4 is 15.0 Å². The number of aromatic nitrogens is 1. The van der Waals surface area contributed by atoms with Crippen molar-refractivity contribution in [1.82, 2.24) is 9.88 Å². The molecule has 0 bridgehead atoms. The van der Waals surface area contributed by atoms with Gasteiger partial charge in [0.15, 0.2) is 11.5 Å². The van der Waals surface area contributed by atoms with Gasteiger partial charge in [-0.2, -0.15) is 0 Å². The maximum absolute atomic E-state index is 12.8. The van der Waals surface area contributed by atoms with Crippen LogP contribution >= 0.6 is 0 Å².